The summed E-state index contributed by atoms with van der Waals surface area (Å²) < 4.78 is 18.1. The van der Waals surface area contributed by atoms with Gasteiger partial charge in [-0.25, -0.2) is 4.39 Å². The number of hydrogen-bond donors (Lipinski definition) is 1. The smallest absolute Gasteiger partial charge is 0.258 e. The molecule has 0 unspecified atom stereocenters. The molecule has 4 nitrogen and oxygen atoms in total. The van der Waals surface area contributed by atoms with Gasteiger partial charge in [0.2, 0.25) is 0 Å². The summed E-state index contributed by atoms with van der Waals surface area (Å²) in [7, 11) is 0. The van der Waals surface area contributed by atoms with Crippen LogP contribution in [0.15, 0.2) is 54.4 Å². The number of halogens is 2. The zero-order chi connectivity index (χ0) is 17.8. The summed E-state index contributed by atoms with van der Waals surface area (Å²) >= 11 is 0. The van der Waals surface area contributed by atoms with E-state index in [1.807, 2.05) is 42.2 Å². The van der Waals surface area contributed by atoms with E-state index in [9.17, 15) is 9.18 Å². The highest BCUT2D eigenvalue weighted by Gasteiger charge is 2.26. The van der Waals surface area contributed by atoms with Gasteiger partial charge in [-0.2, -0.15) is 0 Å². The van der Waals surface area contributed by atoms with Gasteiger partial charge in [0.1, 0.15) is 12.4 Å². The molecule has 6 heteroatoms. The van der Waals surface area contributed by atoms with E-state index in [-0.39, 0.29) is 31.5 Å². The largest absolute Gasteiger partial charge is 0.489 e. The number of hydrogen-bond acceptors (Lipinski definition) is 3. The van der Waals surface area contributed by atoms with Crippen LogP contribution in [0.3, 0.4) is 0 Å². The second-order valence-corrected chi connectivity index (χ2v) is 6.07. The molecule has 1 heterocycles. The van der Waals surface area contributed by atoms with Crippen molar-refractivity contribution in [2.75, 3.05) is 24.6 Å². The molecule has 0 saturated heterocycles. The van der Waals surface area contributed by atoms with E-state index in [0.717, 1.165) is 23.2 Å². The molecule has 1 amide bonds. The first-order chi connectivity index (χ1) is 12.1. The summed E-state index contributed by atoms with van der Waals surface area (Å²) in [4.78, 5) is 14.7. The maximum absolute atomic E-state index is 12.8. The number of anilines is 1. The third-order valence-corrected chi connectivity index (χ3v) is 4.40. The van der Waals surface area contributed by atoms with Gasteiger partial charge in [0.05, 0.1) is 6.33 Å². The minimum atomic E-state index is -0.00611. The molecular formula is C20H22ClFN2O2. The lowest BCUT2D eigenvalue weighted by Crippen LogP contribution is -2.38. The molecule has 0 aliphatic carbocycles. The van der Waals surface area contributed by atoms with Crippen LogP contribution in [0, 0.1) is 6.92 Å². The lowest BCUT2D eigenvalue weighted by molar-refractivity contribution is 0.0980. The summed E-state index contributed by atoms with van der Waals surface area (Å²) in [6.45, 7) is 2.85. The van der Waals surface area contributed by atoms with Crippen molar-refractivity contribution in [1.82, 2.24) is 0 Å². The van der Waals surface area contributed by atoms with Gasteiger partial charge >= 0.3 is 0 Å². The van der Waals surface area contributed by atoms with Crippen LogP contribution in [-0.4, -0.2) is 25.6 Å². The zero-order valence-electron chi connectivity index (χ0n) is 14.6. The van der Waals surface area contributed by atoms with Gasteiger partial charge in [0.25, 0.3) is 5.91 Å². The van der Waals surface area contributed by atoms with Gasteiger partial charge in [0, 0.05) is 29.9 Å². The fourth-order valence-electron chi connectivity index (χ4n) is 2.96. The van der Waals surface area contributed by atoms with E-state index in [0.29, 0.717) is 29.8 Å². The van der Waals surface area contributed by atoms with Crippen molar-refractivity contribution in [2.24, 2.45) is 5.73 Å². The van der Waals surface area contributed by atoms with Gasteiger partial charge in [0.15, 0.2) is 0 Å². The molecule has 0 radical (unpaired) electrons. The van der Waals surface area contributed by atoms with Crippen molar-refractivity contribution in [1.29, 1.82) is 0 Å². The van der Waals surface area contributed by atoms with Gasteiger partial charge in [-0.15, -0.1) is 12.4 Å². The Bertz CT molecular complexity index is 823. The molecule has 26 heavy (non-hydrogen) atoms. The van der Waals surface area contributed by atoms with E-state index in [1.165, 1.54) is 0 Å². The molecule has 3 rings (SSSR count). The van der Waals surface area contributed by atoms with E-state index >= 15 is 0 Å². The van der Waals surface area contributed by atoms with Crippen molar-refractivity contribution < 1.29 is 13.9 Å². The number of amides is 1. The molecule has 2 aromatic carbocycles. The van der Waals surface area contributed by atoms with Crippen LogP contribution in [0.25, 0.3) is 0 Å². The summed E-state index contributed by atoms with van der Waals surface area (Å²) in [5.41, 5.74) is 9.46. The van der Waals surface area contributed by atoms with Crippen LogP contribution in [0.5, 0.6) is 5.75 Å². The Kier molecular flexibility index (Phi) is 6.77. The number of carbonyl (C=O) groups is 1. The normalized spacial score (nSPS) is 13.9. The first-order valence-corrected chi connectivity index (χ1v) is 8.25. The number of ether oxygens (including phenoxy) is 1. The Morgan fingerprint density at radius 3 is 2.77 bits per heavy atom. The van der Waals surface area contributed by atoms with E-state index < -0.39 is 0 Å². The number of rotatable bonds is 5. The summed E-state index contributed by atoms with van der Waals surface area (Å²) in [6.07, 6.45) is 1.22. The molecule has 138 valence electrons. The minimum absolute atomic E-state index is 0. The average molecular weight is 377 g/mol. The first kappa shape index (κ1) is 19.9. The predicted molar refractivity (Wildman–Crippen MR) is 104 cm³/mol. The number of aryl methyl sites for hydroxylation is 1. The Labute approximate surface area is 158 Å². The van der Waals surface area contributed by atoms with Crippen LogP contribution < -0.4 is 15.4 Å². The van der Waals surface area contributed by atoms with Crippen molar-refractivity contribution >= 4 is 24.0 Å². The fourth-order valence-corrected chi connectivity index (χ4v) is 2.96. The Morgan fingerprint density at radius 2 is 2.08 bits per heavy atom. The number of benzene rings is 2. The molecular weight excluding hydrogens is 355 g/mol. The van der Waals surface area contributed by atoms with E-state index in [1.54, 1.807) is 12.1 Å². The molecule has 1 aliphatic heterocycles. The Hall–Kier alpha value is -2.37. The third kappa shape index (κ3) is 4.06. The molecule has 0 atom stereocenters. The molecule has 0 saturated carbocycles. The maximum atomic E-state index is 12.8. The number of para-hydroxylation sites is 1. The van der Waals surface area contributed by atoms with Crippen molar-refractivity contribution in [2.45, 2.75) is 13.3 Å². The molecule has 2 N–H and O–H groups in total. The fraction of sp³-hybridized carbons (Fsp3) is 0.250. The second-order valence-electron chi connectivity index (χ2n) is 6.07. The molecule has 0 fully saturated rings. The monoisotopic (exact) mass is 376 g/mol. The Morgan fingerprint density at radius 1 is 1.31 bits per heavy atom. The highest BCUT2D eigenvalue weighted by atomic mass is 35.5. The van der Waals surface area contributed by atoms with E-state index in [4.69, 9.17) is 10.5 Å². The average Bonchev–Trinajstić information content (AvgIpc) is 2.64. The summed E-state index contributed by atoms with van der Waals surface area (Å²) in [6, 6.07) is 13.2. The molecule has 0 bridgehead atoms. The first-order valence-electron chi connectivity index (χ1n) is 8.25. The standard InChI is InChI=1S/C20H21FN2O2.ClH/c1-14-4-2-3-5-19(14)23-9-8-16-10-17(6-7-18(16)20(23)24)25-13-15(11-21)12-22;/h2-7,10-11H,8-9,12-13,22H2,1H3;1H/b15-11+;. The van der Waals surface area contributed by atoms with E-state index in [2.05, 4.69) is 0 Å². The molecule has 2 aromatic rings. The van der Waals surface area contributed by atoms with Gasteiger partial charge in [-0.05, 0) is 48.7 Å². The summed E-state index contributed by atoms with van der Waals surface area (Å²) in [5, 5.41) is 0. The molecule has 0 spiro atoms. The lowest BCUT2D eigenvalue weighted by Gasteiger charge is -2.30. The SMILES string of the molecule is Cc1ccccc1N1CCc2cc(OC/C(=C/F)CN)ccc2C1=O.Cl. The van der Waals surface area contributed by atoms with Crippen molar-refractivity contribution in [3.05, 3.63) is 71.1 Å². The molecule has 1 aliphatic rings. The topological polar surface area (TPSA) is 55.6 Å². The van der Waals surface area contributed by atoms with Gasteiger partial charge < -0.3 is 15.4 Å². The van der Waals surface area contributed by atoms with Gasteiger partial charge in [-0.3, -0.25) is 4.79 Å². The number of nitrogens with two attached hydrogens (primary N) is 1. The number of carbonyl (C=O) groups excluding carboxylic acids is 1. The predicted octanol–water partition coefficient (Wildman–Crippen LogP) is 3.81. The van der Waals surface area contributed by atoms with Crippen LogP contribution in [0.1, 0.15) is 21.5 Å². The Balaban J connectivity index is 0.00000243. The van der Waals surface area contributed by atoms with Crippen LogP contribution in [-0.2, 0) is 6.42 Å². The quantitative estimate of drug-likeness (QED) is 0.863. The number of fused-ring (bicyclic) bond motifs is 1. The number of nitrogens with zero attached hydrogens (tertiary/aromatic N) is 1. The van der Waals surface area contributed by atoms with Gasteiger partial charge in [-0.1, -0.05) is 18.2 Å². The highest BCUT2D eigenvalue weighted by Crippen LogP contribution is 2.29. The second kappa shape index (κ2) is 8.83. The van der Waals surface area contributed by atoms with Crippen LogP contribution in [0.4, 0.5) is 10.1 Å². The molecule has 0 aromatic heterocycles. The van der Waals surface area contributed by atoms with Crippen molar-refractivity contribution in [3.8, 4) is 5.75 Å². The summed E-state index contributed by atoms with van der Waals surface area (Å²) in [5.74, 6) is 0.608. The highest BCUT2D eigenvalue weighted by molar-refractivity contribution is 6.08. The van der Waals surface area contributed by atoms with Crippen LogP contribution in [0.2, 0.25) is 0 Å². The zero-order valence-corrected chi connectivity index (χ0v) is 15.4. The lowest BCUT2D eigenvalue weighted by atomic mass is 9.97. The third-order valence-electron chi connectivity index (χ3n) is 4.40. The maximum Gasteiger partial charge on any atom is 0.258 e. The van der Waals surface area contributed by atoms with Crippen molar-refractivity contribution in [3.63, 3.8) is 0 Å². The van der Waals surface area contributed by atoms with Crippen LogP contribution >= 0.6 is 12.4 Å². The minimum Gasteiger partial charge on any atom is -0.489 e.